The monoisotopic (exact) mass is 337 g/mol. The number of carbonyl (C=O) groups excluding carboxylic acids is 1. The van der Waals surface area contributed by atoms with Crippen molar-refractivity contribution >= 4 is 21.9 Å². The third-order valence-corrected chi connectivity index (χ3v) is 3.47. The van der Waals surface area contributed by atoms with Gasteiger partial charge < -0.3 is 4.74 Å². The molecule has 0 radical (unpaired) electrons. The Morgan fingerprint density at radius 1 is 1.53 bits per heavy atom. The Morgan fingerprint density at radius 2 is 2.16 bits per heavy atom. The molecule has 1 fully saturated rings. The molecule has 104 valence electrons. The molecule has 1 aromatic rings. The van der Waals surface area contributed by atoms with E-state index in [9.17, 15) is 18.0 Å². The molecule has 0 N–H and O–H groups in total. The summed E-state index contributed by atoms with van der Waals surface area (Å²) in [4.78, 5) is 15.5. The quantitative estimate of drug-likeness (QED) is 0.792. The molecule has 1 atom stereocenters. The van der Waals surface area contributed by atoms with Crippen LogP contribution in [0.5, 0.6) is 0 Å². The van der Waals surface area contributed by atoms with Crippen molar-refractivity contribution in [2.75, 3.05) is 7.11 Å². The number of aromatic nitrogens is 1. The predicted molar refractivity (Wildman–Crippen MR) is 64.4 cm³/mol. The zero-order valence-corrected chi connectivity index (χ0v) is 11.6. The summed E-state index contributed by atoms with van der Waals surface area (Å²) < 4.78 is 43.9. The van der Waals surface area contributed by atoms with Gasteiger partial charge in [0, 0.05) is 10.7 Å². The maximum Gasteiger partial charge on any atom is 0.418 e. The van der Waals surface area contributed by atoms with E-state index in [0.29, 0.717) is 0 Å². The lowest BCUT2D eigenvalue weighted by atomic mass is 9.95. The number of ether oxygens (including phenoxy) is 1. The Morgan fingerprint density at radius 3 is 2.63 bits per heavy atom. The summed E-state index contributed by atoms with van der Waals surface area (Å²) in [6.45, 7) is 0. The van der Waals surface area contributed by atoms with Gasteiger partial charge in [-0.3, -0.25) is 9.78 Å². The van der Waals surface area contributed by atoms with E-state index in [2.05, 4.69) is 25.7 Å². The van der Waals surface area contributed by atoms with Gasteiger partial charge in [0.15, 0.2) is 0 Å². The van der Waals surface area contributed by atoms with Crippen LogP contribution in [-0.4, -0.2) is 18.1 Å². The first-order valence-corrected chi connectivity index (χ1v) is 6.44. The number of alkyl halides is 3. The molecule has 1 aliphatic rings. The molecular formula is C12H11BrF3NO2. The van der Waals surface area contributed by atoms with Crippen molar-refractivity contribution in [1.82, 2.24) is 4.98 Å². The summed E-state index contributed by atoms with van der Waals surface area (Å²) in [6.07, 6.45) is -1.85. The van der Waals surface area contributed by atoms with E-state index in [4.69, 9.17) is 0 Å². The summed E-state index contributed by atoms with van der Waals surface area (Å²) in [5.74, 6) is -1.71. The number of hydrogen-bond donors (Lipinski definition) is 0. The highest BCUT2D eigenvalue weighted by Crippen LogP contribution is 2.46. The number of methoxy groups -OCH3 is 1. The third kappa shape index (κ3) is 3.08. The average molecular weight is 338 g/mol. The van der Waals surface area contributed by atoms with Crippen LogP contribution in [0.4, 0.5) is 13.2 Å². The second-order valence-electron chi connectivity index (χ2n) is 4.42. The molecule has 7 heteroatoms. The van der Waals surface area contributed by atoms with E-state index in [0.717, 1.165) is 18.9 Å². The van der Waals surface area contributed by atoms with E-state index < -0.39 is 23.6 Å². The van der Waals surface area contributed by atoms with Gasteiger partial charge in [-0.25, -0.2) is 0 Å². The average Bonchev–Trinajstić information content (AvgIpc) is 3.14. The van der Waals surface area contributed by atoms with Crippen LogP contribution < -0.4 is 0 Å². The maximum atomic E-state index is 13.0. The van der Waals surface area contributed by atoms with Crippen LogP contribution in [0.1, 0.15) is 30.0 Å². The van der Waals surface area contributed by atoms with Crippen LogP contribution in [0.15, 0.2) is 16.7 Å². The SMILES string of the molecule is COC(=O)C(c1ncc(Br)cc1C(F)(F)F)C1CC1. The first-order chi connectivity index (χ1) is 8.84. The molecular weight excluding hydrogens is 327 g/mol. The van der Waals surface area contributed by atoms with Gasteiger partial charge in [-0.2, -0.15) is 13.2 Å². The highest BCUT2D eigenvalue weighted by molar-refractivity contribution is 9.10. The number of carbonyl (C=O) groups is 1. The lowest BCUT2D eigenvalue weighted by molar-refractivity contribution is -0.144. The smallest absolute Gasteiger partial charge is 0.418 e. The Labute approximate surface area is 116 Å². The summed E-state index contributed by atoms with van der Waals surface area (Å²) in [7, 11) is 1.17. The van der Waals surface area contributed by atoms with Gasteiger partial charge in [-0.1, -0.05) is 0 Å². The molecule has 2 rings (SSSR count). The Kier molecular flexibility index (Phi) is 3.85. The van der Waals surface area contributed by atoms with Crippen molar-refractivity contribution < 1.29 is 22.7 Å². The van der Waals surface area contributed by atoms with Gasteiger partial charge in [-0.05, 0) is 40.8 Å². The van der Waals surface area contributed by atoms with Gasteiger partial charge >= 0.3 is 12.1 Å². The number of nitrogens with zero attached hydrogens (tertiary/aromatic N) is 1. The van der Waals surface area contributed by atoms with E-state index in [1.807, 2.05) is 0 Å². The predicted octanol–water partition coefficient (Wildman–Crippen LogP) is 3.53. The summed E-state index contributed by atoms with van der Waals surface area (Å²) in [5, 5.41) is 0. The number of halogens is 4. The topological polar surface area (TPSA) is 39.2 Å². The van der Waals surface area contributed by atoms with Crippen molar-refractivity contribution in [2.45, 2.75) is 24.9 Å². The van der Waals surface area contributed by atoms with Crippen LogP contribution in [0.2, 0.25) is 0 Å². The van der Waals surface area contributed by atoms with Crippen LogP contribution >= 0.6 is 15.9 Å². The summed E-state index contributed by atoms with van der Waals surface area (Å²) in [6, 6.07) is 0.945. The van der Waals surface area contributed by atoms with Crippen molar-refractivity contribution in [1.29, 1.82) is 0 Å². The molecule has 1 saturated carbocycles. The van der Waals surface area contributed by atoms with Gasteiger partial charge in [-0.15, -0.1) is 0 Å². The molecule has 3 nitrogen and oxygen atoms in total. The lowest BCUT2D eigenvalue weighted by Gasteiger charge is -2.18. The molecule has 0 aliphatic heterocycles. The normalized spacial score (nSPS) is 17.1. The zero-order valence-electron chi connectivity index (χ0n) is 10.00. The van der Waals surface area contributed by atoms with E-state index in [1.54, 1.807) is 0 Å². The number of esters is 1. The maximum absolute atomic E-state index is 13.0. The molecule has 0 saturated heterocycles. The van der Waals surface area contributed by atoms with Crippen LogP contribution in [0.25, 0.3) is 0 Å². The van der Waals surface area contributed by atoms with E-state index in [1.165, 1.54) is 13.3 Å². The first-order valence-electron chi connectivity index (χ1n) is 5.65. The molecule has 0 aromatic carbocycles. The summed E-state index contributed by atoms with van der Waals surface area (Å²) in [5.41, 5.74) is -1.13. The minimum Gasteiger partial charge on any atom is -0.468 e. The van der Waals surface area contributed by atoms with Crippen molar-refractivity contribution in [3.63, 3.8) is 0 Å². The number of pyridine rings is 1. The van der Waals surface area contributed by atoms with Gasteiger partial charge in [0.2, 0.25) is 0 Å². The van der Waals surface area contributed by atoms with Crippen molar-refractivity contribution in [3.05, 3.63) is 28.0 Å². The molecule has 1 aromatic heterocycles. The Bertz CT molecular complexity index is 500. The minimum absolute atomic E-state index is 0.109. The molecule has 1 unspecified atom stereocenters. The van der Waals surface area contributed by atoms with Gasteiger partial charge in [0.1, 0.15) is 5.92 Å². The molecule has 0 spiro atoms. The Hall–Kier alpha value is -1.11. The fraction of sp³-hybridized carbons (Fsp3) is 0.500. The highest BCUT2D eigenvalue weighted by atomic mass is 79.9. The third-order valence-electron chi connectivity index (χ3n) is 3.03. The molecule has 0 bridgehead atoms. The lowest BCUT2D eigenvalue weighted by Crippen LogP contribution is -2.22. The number of hydrogen-bond acceptors (Lipinski definition) is 3. The summed E-state index contributed by atoms with van der Waals surface area (Å²) >= 11 is 2.97. The first kappa shape index (κ1) is 14.3. The standard InChI is InChI=1S/C12H11BrF3NO2/c1-19-11(18)9(6-2-3-6)10-8(12(14,15)16)4-7(13)5-17-10/h4-6,9H,2-3H2,1H3. The second-order valence-corrected chi connectivity index (χ2v) is 5.34. The Balaban J connectivity index is 2.50. The molecule has 19 heavy (non-hydrogen) atoms. The van der Waals surface area contributed by atoms with Crippen LogP contribution in [-0.2, 0) is 15.7 Å². The fourth-order valence-corrected chi connectivity index (χ4v) is 2.34. The molecule has 1 aliphatic carbocycles. The van der Waals surface area contributed by atoms with E-state index in [-0.39, 0.29) is 16.1 Å². The number of rotatable bonds is 3. The zero-order chi connectivity index (χ0) is 14.2. The van der Waals surface area contributed by atoms with Crippen LogP contribution in [0.3, 0.4) is 0 Å². The largest absolute Gasteiger partial charge is 0.468 e. The second kappa shape index (κ2) is 5.11. The van der Waals surface area contributed by atoms with E-state index >= 15 is 0 Å². The van der Waals surface area contributed by atoms with Gasteiger partial charge in [0.05, 0.1) is 18.4 Å². The van der Waals surface area contributed by atoms with Crippen molar-refractivity contribution in [3.8, 4) is 0 Å². The molecule has 1 heterocycles. The van der Waals surface area contributed by atoms with Crippen molar-refractivity contribution in [2.24, 2.45) is 5.92 Å². The van der Waals surface area contributed by atoms with Crippen LogP contribution in [0, 0.1) is 5.92 Å². The van der Waals surface area contributed by atoms with Gasteiger partial charge in [0.25, 0.3) is 0 Å². The highest BCUT2D eigenvalue weighted by Gasteiger charge is 2.44. The molecule has 0 amide bonds. The fourth-order valence-electron chi connectivity index (χ4n) is 2.01. The minimum atomic E-state index is -4.55.